The zero-order valence-corrected chi connectivity index (χ0v) is 19.9. The second kappa shape index (κ2) is 9.51. The molecule has 0 saturated carbocycles. The van der Waals surface area contributed by atoms with Crippen molar-refractivity contribution in [2.75, 3.05) is 43.1 Å². The number of allylic oxidation sites excluding steroid dienone is 3. The van der Waals surface area contributed by atoms with Crippen LogP contribution in [0.5, 0.6) is 5.75 Å². The van der Waals surface area contributed by atoms with E-state index in [-0.39, 0.29) is 0 Å². The third-order valence-electron chi connectivity index (χ3n) is 6.37. The van der Waals surface area contributed by atoms with Crippen LogP contribution in [0.15, 0.2) is 71.0 Å². The van der Waals surface area contributed by atoms with Crippen LogP contribution in [0.3, 0.4) is 0 Å². The number of rotatable bonds is 8. The fourth-order valence-corrected chi connectivity index (χ4v) is 4.55. The number of likely N-dealkylation sites (N-methyl/N-ethyl adjacent to an activating group) is 1. The number of fused-ring (bicyclic) bond motifs is 2. The van der Waals surface area contributed by atoms with Crippen LogP contribution in [0.2, 0.25) is 0 Å². The van der Waals surface area contributed by atoms with Crippen molar-refractivity contribution < 1.29 is 4.74 Å². The molecule has 5 heteroatoms. The molecular weight excluding hydrogens is 396 g/mol. The van der Waals surface area contributed by atoms with E-state index >= 15 is 0 Å². The molecule has 0 unspecified atom stereocenters. The van der Waals surface area contributed by atoms with Gasteiger partial charge in [0, 0.05) is 49.7 Å². The van der Waals surface area contributed by atoms with E-state index in [1.54, 1.807) is 7.11 Å². The SMILES string of the molecule is CCN(CC)C1=CCC2=Nc3ccc(N(CC)CC)cc3N(c3ccc(OC)cc3)C2=C1. The largest absolute Gasteiger partial charge is 0.497 e. The predicted molar refractivity (Wildman–Crippen MR) is 136 cm³/mol. The molecule has 4 rings (SSSR count). The number of hydrogen-bond acceptors (Lipinski definition) is 5. The summed E-state index contributed by atoms with van der Waals surface area (Å²) in [4.78, 5) is 12.2. The quantitative estimate of drug-likeness (QED) is 0.493. The Balaban J connectivity index is 1.87. The first-order valence-electron chi connectivity index (χ1n) is 11.7. The van der Waals surface area contributed by atoms with Gasteiger partial charge in [-0.2, -0.15) is 0 Å². The molecule has 0 spiro atoms. The van der Waals surface area contributed by atoms with Gasteiger partial charge < -0.3 is 19.4 Å². The highest BCUT2D eigenvalue weighted by atomic mass is 16.5. The monoisotopic (exact) mass is 430 g/mol. The van der Waals surface area contributed by atoms with Crippen molar-refractivity contribution in [1.29, 1.82) is 0 Å². The van der Waals surface area contributed by atoms with Crippen LogP contribution in [0.25, 0.3) is 0 Å². The van der Waals surface area contributed by atoms with Crippen LogP contribution < -0.4 is 14.5 Å². The summed E-state index contributed by atoms with van der Waals surface area (Å²) in [7, 11) is 1.71. The minimum absolute atomic E-state index is 0.835. The zero-order chi connectivity index (χ0) is 22.7. The van der Waals surface area contributed by atoms with Crippen LogP contribution in [0.4, 0.5) is 22.7 Å². The summed E-state index contributed by atoms with van der Waals surface area (Å²) in [6.07, 6.45) is 5.44. The summed E-state index contributed by atoms with van der Waals surface area (Å²) >= 11 is 0. The molecule has 168 valence electrons. The lowest BCUT2D eigenvalue weighted by Gasteiger charge is -2.37. The first kappa shape index (κ1) is 22.0. The van der Waals surface area contributed by atoms with Gasteiger partial charge in [0.1, 0.15) is 5.75 Å². The molecule has 2 aliphatic rings. The van der Waals surface area contributed by atoms with Gasteiger partial charge >= 0.3 is 0 Å². The molecule has 0 aromatic heterocycles. The fourth-order valence-electron chi connectivity index (χ4n) is 4.55. The molecule has 0 bridgehead atoms. The molecule has 0 amide bonds. The second-order valence-corrected chi connectivity index (χ2v) is 7.97. The Labute approximate surface area is 192 Å². The van der Waals surface area contributed by atoms with Crippen LogP contribution in [0.1, 0.15) is 34.1 Å². The van der Waals surface area contributed by atoms with Crippen molar-refractivity contribution in [3.63, 3.8) is 0 Å². The van der Waals surface area contributed by atoms with E-state index in [4.69, 9.17) is 9.73 Å². The molecule has 1 aliphatic heterocycles. The average Bonchev–Trinajstić information content (AvgIpc) is 2.84. The zero-order valence-electron chi connectivity index (χ0n) is 19.9. The molecule has 0 fully saturated rings. The maximum Gasteiger partial charge on any atom is 0.119 e. The fraction of sp³-hybridized carbons (Fsp3) is 0.370. The smallest absolute Gasteiger partial charge is 0.119 e. The van der Waals surface area contributed by atoms with Crippen molar-refractivity contribution in [2.45, 2.75) is 34.1 Å². The Morgan fingerprint density at radius 2 is 1.59 bits per heavy atom. The van der Waals surface area contributed by atoms with E-state index < -0.39 is 0 Å². The highest BCUT2D eigenvalue weighted by Crippen LogP contribution is 2.45. The van der Waals surface area contributed by atoms with Crippen LogP contribution in [-0.2, 0) is 0 Å². The average molecular weight is 431 g/mol. The summed E-state index contributed by atoms with van der Waals surface area (Å²) in [5.74, 6) is 0.859. The number of nitrogens with zero attached hydrogens (tertiary/aromatic N) is 4. The first-order valence-corrected chi connectivity index (χ1v) is 11.7. The molecule has 0 radical (unpaired) electrons. The van der Waals surface area contributed by atoms with E-state index in [1.807, 2.05) is 12.1 Å². The minimum atomic E-state index is 0.835. The normalized spacial score (nSPS) is 14.7. The van der Waals surface area contributed by atoms with Crippen molar-refractivity contribution in [3.05, 3.63) is 66.0 Å². The van der Waals surface area contributed by atoms with Gasteiger partial charge in [0.2, 0.25) is 0 Å². The highest BCUT2D eigenvalue weighted by Gasteiger charge is 2.29. The maximum atomic E-state index is 5.41. The van der Waals surface area contributed by atoms with Gasteiger partial charge in [-0.15, -0.1) is 0 Å². The van der Waals surface area contributed by atoms with Crippen LogP contribution in [0, 0.1) is 0 Å². The number of methoxy groups -OCH3 is 1. The molecule has 5 nitrogen and oxygen atoms in total. The summed E-state index contributed by atoms with van der Waals surface area (Å²) in [5.41, 5.74) is 8.01. The van der Waals surface area contributed by atoms with Gasteiger partial charge in [-0.1, -0.05) is 6.08 Å². The van der Waals surface area contributed by atoms with Gasteiger partial charge in [-0.05, 0) is 76.2 Å². The number of aliphatic imine (C=N–C) groups is 1. The van der Waals surface area contributed by atoms with E-state index in [0.717, 1.165) is 66.8 Å². The number of ether oxygens (including phenoxy) is 1. The van der Waals surface area contributed by atoms with Crippen LogP contribution in [-0.4, -0.2) is 43.9 Å². The summed E-state index contributed by atoms with van der Waals surface area (Å²) in [5, 5.41) is 0. The van der Waals surface area contributed by atoms with Crippen molar-refractivity contribution in [2.24, 2.45) is 4.99 Å². The molecule has 32 heavy (non-hydrogen) atoms. The second-order valence-electron chi connectivity index (χ2n) is 7.97. The molecule has 2 aromatic carbocycles. The van der Waals surface area contributed by atoms with E-state index in [2.05, 4.69) is 84.9 Å². The highest BCUT2D eigenvalue weighted by molar-refractivity contribution is 6.12. The predicted octanol–water partition coefficient (Wildman–Crippen LogP) is 6.28. The van der Waals surface area contributed by atoms with Gasteiger partial charge in [0.15, 0.2) is 0 Å². The van der Waals surface area contributed by atoms with E-state index in [1.165, 1.54) is 11.4 Å². The van der Waals surface area contributed by atoms with Crippen molar-refractivity contribution in [1.82, 2.24) is 4.90 Å². The van der Waals surface area contributed by atoms with Gasteiger partial charge in [0.05, 0.1) is 29.9 Å². The minimum Gasteiger partial charge on any atom is -0.497 e. The van der Waals surface area contributed by atoms with Crippen LogP contribution >= 0.6 is 0 Å². The Kier molecular flexibility index (Phi) is 6.54. The third-order valence-corrected chi connectivity index (χ3v) is 6.37. The van der Waals surface area contributed by atoms with E-state index in [9.17, 15) is 0 Å². The number of anilines is 3. The Bertz CT molecular complexity index is 1040. The molecule has 1 aliphatic carbocycles. The Morgan fingerprint density at radius 3 is 2.22 bits per heavy atom. The molecular formula is C27H34N4O. The molecule has 2 aromatic rings. The molecule has 1 heterocycles. The first-order chi connectivity index (χ1) is 15.6. The maximum absolute atomic E-state index is 5.41. The lowest BCUT2D eigenvalue weighted by atomic mass is 9.99. The lowest BCUT2D eigenvalue weighted by Crippen LogP contribution is -2.31. The Hall–Kier alpha value is -3.21. The van der Waals surface area contributed by atoms with Crippen molar-refractivity contribution >= 4 is 28.5 Å². The summed E-state index contributed by atoms with van der Waals surface area (Å²) in [6, 6.07) is 14.9. The number of benzene rings is 2. The number of hydrogen-bond donors (Lipinski definition) is 0. The summed E-state index contributed by atoms with van der Waals surface area (Å²) < 4.78 is 5.41. The van der Waals surface area contributed by atoms with Gasteiger partial charge in [0.25, 0.3) is 0 Å². The third kappa shape index (κ3) is 3.99. The van der Waals surface area contributed by atoms with Gasteiger partial charge in [-0.3, -0.25) is 0 Å². The summed E-state index contributed by atoms with van der Waals surface area (Å²) in [6.45, 7) is 12.7. The Morgan fingerprint density at radius 1 is 0.906 bits per heavy atom. The lowest BCUT2D eigenvalue weighted by molar-refractivity contribution is 0.392. The topological polar surface area (TPSA) is 31.3 Å². The molecule has 0 atom stereocenters. The van der Waals surface area contributed by atoms with Gasteiger partial charge in [-0.25, -0.2) is 4.99 Å². The van der Waals surface area contributed by atoms with E-state index in [0.29, 0.717) is 0 Å². The van der Waals surface area contributed by atoms with Crippen molar-refractivity contribution in [3.8, 4) is 5.75 Å². The molecule has 0 N–H and O–H groups in total. The molecule has 0 saturated heterocycles. The standard InChI is InChI=1S/C27H34N4O/c1-6-29(7-2)21-12-16-24-26(18-21)31(20-10-14-23(32-5)15-11-20)27-19-22(30(8-3)9-4)13-17-25(27)28-24/h10-16,18-19H,6-9,17H2,1-5H3.